The summed E-state index contributed by atoms with van der Waals surface area (Å²) in [5.74, 6) is 1.01. The van der Waals surface area contributed by atoms with Gasteiger partial charge < -0.3 is 10.1 Å². The lowest BCUT2D eigenvalue weighted by Gasteiger charge is -2.09. The third-order valence-electron chi connectivity index (χ3n) is 4.63. The minimum Gasteiger partial charge on any atom is -0.484 e. The number of fused-ring (bicyclic) bond motifs is 1. The van der Waals surface area contributed by atoms with Crippen LogP contribution in [-0.2, 0) is 4.79 Å². The van der Waals surface area contributed by atoms with E-state index < -0.39 is 0 Å². The number of benzene rings is 2. The molecule has 2 aromatic carbocycles. The molecule has 0 spiro atoms. The normalized spacial score (nSPS) is 10.9. The molecular weight excluding hydrogens is 446 g/mol. The van der Waals surface area contributed by atoms with Crippen LogP contribution in [-0.4, -0.2) is 32.3 Å². The van der Waals surface area contributed by atoms with Crippen molar-refractivity contribution in [2.75, 3.05) is 11.9 Å². The van der Waals surface area contributed by atoms with Crippen molar-refractivity contribution in [3.63, 3.8) is 0 Å². The van der Waals surface area contributed by atoms with Crippen molar-refractivity contribution in [2.45, 2.75) is 0 Å². The maximum atomic E-state index is 12.3. The molecule has 3 aromatic heterocycles. The van der Waals surface area contributed by atoms with Crippen molar-refractivity contribution in [3.8, 4) is 27.7 Å². The Balaban J connectivity index is 1.33. The Morgan fingerprint density at radius 1 is 1.03 bits per heavy atom. The number of halogens is 1. The highest BCUT2D eigenvalue weighted by atomic mass is 35.5. The average Bonchev–Trinajstić information content (AvgIpc) is 3.48. The van der Waals surface area contributed by atoms with E-state index in [9.17, 15) is 4.79 Å². The molecule has 0 atom stereocenters. The Hall–Kier alpha value is -3.75. The quantitative estimate of drug-likeness (QED) is 0.376. The minimum atomic E-state index is -0.265. The maximum absolute atomic E-state index is 12.3. The van der Waals surface area contributed by atoms with Crippen LogP contribution < -0.4 is 10.1 Å². The highest BCUT2D eigenvalue weighted by molar-refractivity contribution is 7.13. The summed E-state index contributed by atoms with van der Waals surface area (Å²) in [5, 5.41) is 18.6. The van der Waals surface area contributed by atoms with Gasteiger partial charge in [0.15, 0.2) is 18.1 Å². The first-order chi connectivity index (χ1) is 15.7. The molecule has 9 heteroatoms. The Labute approximate surface area is 192 Å². The summed E-state index contributed by atoms with van der Waals surface area (Å²) in [6, 6.07) is 22.0. The van der Waals surface area contributed by atoms with Crippen LogP contribution in [0.15, 0.2) is 78.2 Å². The van der Waals surface area contributed by atoms with E-state index >= 15 is 0 Å². The van der Waals surface area contributed by atoms with Crippen molar-refractivity contribution in [1.29, 1.82) is 0 Å². The second-order valence-corrected chi connectivity index (χ2v) is 8.25. The fourth-order valence-corrected chi connectivity index (χ4v) is 3.95. The van der Waals surface area contributed by atoms with Gasteiger partial charge in [0.05, 0.1) is 10.6 Å². The van der Waals surface area contributed by atoms with E-state index in [0.29, 0.717) is 27.9 Å². The number of hydrogen-bond acceptors (Lipinski definition) is 6. The molecule has 32 heavy (non-hydrogen) atoms. The third-order valence-corrected chi connectivity index (χ3v) is 5.75. The van der Waals surface area contributed by atoms with Gasteiger partial charge in [0, 0.05) is 16.3 Å². The monoisotopic (exact) mass is 461 g/mol. The maximum Gasteiger partial charge on any atom is 0.262 e. The number of hydrogen-bond donors (Lipinski definition) is 1. The second kappa shape index (κ2) is 8.78. The molecule has 0 saturated carbocycles. The molecule has 3 heterocycles. The summed E-state index contributed by atoms with van der Waals surface area (Å²) in [4.78, 5) is 13.3. The SMILES string of the molecule is O=C(COc1ccc(Cl)cc1)Nc1cccc(-c2ccc3nnc(-c4cccs4)n3n2)c1. The smallest absolute Gasteiger partial charge is 0.262 e. The molecular formula is C23H16ClN5O2S. The van der Waals surface area contributed by atoms with Crippen LogP contribution in [0.5, 0.6) is 5.75 Å². The molecule has 7 nitrogen and oxygen atoms in total. The highest BCUT2D eigenvalue weighted by Gasteiger charge is 2.12. The van der Waals surface area contributed by atoms with Crippen molar-refractivity contribution < 1.29 is 9.53 Å². The van der Waals surface area contributed by atoms with E-state index in [0.717, 1.165) is 16.1 Å². The fourth-order valence-electron chi connectivity index (χ4n) is 3.14. The van der Waals surface area contributed by atoms with Gasteiger partial charge in [-0.3, -0.25) is 4.79 Å². The summed E-state index contributed by atoms with van der Waals surface area (Å²) in [6.07, 6.45) is 0. The van der Waals surface area contributed by atoms with Crippen molar-refractivity contribution in [3.05, 3.63) is 83.2 Å². The molecule has 0 aliphatic rings. The summed E-state index contributed by atoms with van der Waals surface area (Å²) < 4.78 is 7.23. The summed E-state index contributed by atoms with van der Waals surface area (Å²) in [6.45, 7) is -0.110. The summed E-state index contributed by atoms with van der Waals surface area (Å²) in [7, 11) is 0. The molecule has 0 aliphatic carbocycles. The van der Waals surface area contributed by atoms with E-state index in [1.54, 1.807) is 40.1 Å². The predicted molar refractivity (Wildman–Crippen MR) is 125 cm³/mol. The molecule has 1 amide bonds. The molecule has 0 bridgehead atoms. The summed E-state index contributed by atoms with van der Waals surface area (Å²) >= 11 is 7.44. The summed E-state index contributed by atoms with van der Waals surface area (Å²) in [5.41, 5.74) is 2.91. The number of thiophene rings is 1. The van der Waals surface area contributed by atoms with Crippen LogP contribution in [0, 0.1) is 0 Å². The molecule has 158 valence electrons. The highest BCUT2D eigenvalue weighted by Crippen LogP contribution is 2.25. The first-order valence-corrected chi connectivity index (χ1v) is 11.0. The van der Waals surface area contributed by atoms with Crippen molar-refractivity contribution >= 4 is 40.2 Å². The molecule has 0 fully saturated rings. The van der Waals surface area contributed by atoms with E-state index in [1.165, 1.54) is 0 Å². The molecule has 0 saturated heterocycles. The topological polar surface area (TPSA) is 81.4 Å². The lowest BCUT2D eigenvalue weighted by atomic mass is 10.1. The van der Waals surface area contributed by atoms with Gasteiger partial charge in [-0.1, -0.05) is 29.8 Å². The molecule has 0 unspecified atom stereocenters. The molecule has 0 aliphatic heterocycles. The van der Waals surface area contributed by atoms with E-state index in [1.807, 2.05) is 53.9 Å². The predicted octanol–water partition coefficient (Wildman–Crippen LogP) is 5.19. The lowest BCUT2D eigenvalue weighted by Crippen LogP contribution is -2.20. The largest absolute Gasteiger partial charge is 0.484 e. The molecule has 5 aromatic rings. The van der Waals surface area contributed by atoms with Gasteiger partial charge in [-0.25, -0.2) is 0 Å². The zero-order chi connectivity index (χ0) is 21.9. The van der Waals surface area contributed by atoms with Crippen LogP contribution >= 0.6 is 22.9 Å². The zero-order valence-electron chi connectivity index (χ0n) is 16.6. The van der Waals surface area contributed by atoms with Crippen LogP contribution in [0.1, 0.15) is 0 Å². The zero-order valence-corrected chi connectivity index (χ0v) is 18.2. The average molecular weight is 462 g/mol. The van der Waals surface area contributed by atoms with Gasteiger partial charge in [0.2, 0.25) is 0 Å². The van der Waals surface area contributed by atoms with Gasteiger partial charge in [-0.2, -0.15) is 9.61 Å². The van der Waals surface area contributed by atoms with Crippen LogP contribution in [0.4, 0.5) is 5.69 Å². The Bertz CT molecular complexity index is 1380. The van der Waals surface area contributed by atoms with Crippen molar-refractivity contribution in [2.24, 2.45) is 0 Å². The number of ether oxygens (including phenoxy) is 1. The minimum absolute atomic E-state index is 0.110. The van der Waals surface area contributed by atoms with Crippen LogP contribution in [0.3, 0.4) is 0 Å². The number of rotatable bonds is 6. The van der Waals surface area contributed by atoms with Gasteiger partial charge >= 0.3 is 0 Å². The number of nitrogens with zero attached hydrogens (tertiary/aromatic N) is 4. The van der Waals surface area contributed by atoms with Gasteiger partial charge in [0.25, 0.3) is 5.91 Å². The standard InChI is InChI=1S/C23H16ClN5O2S/c24-16-6-8-18(9-7-16)31-14-22(30)25-17-4-1-3-15(13-17)19-10-11-21-26-27-23(29(21)28-19)20-5-2-12-32-20/h1-13H,14H2,(H,25,30). The third kappa shape index (κ3) is 4.32. The molecule has 5 rings (SSSR count). The Morgan fingerprint density at radius 2 is 1.91 bits per heavy atom. The number of carbonyl (C=O) groups is 1. The van der Waals surface area contributed by atoms with Gasteiger partial charge in [0.1, 0.15) is 5.75 Å². The van der Waals surface area contributed by atoms with Crippen LogP contribution in [0.2, 0.25) is 5.02 Å². The van der Waals surface area contributed by atoms with E-state index in [4.69, 9.17) is 21.4 Å². The van der Waals surface area contributed by atoms with Crippen molar-refractivity contribution in [1.82, 2.24) is 19.8 Å². The first-order valence-electron chi connectivity index (χ1n) is 9.71. The first kappa shape index (κ1) is 20.2. The number of aromatic nitrogens is 4. The number of nitrogens with one attached hydrogen (secondary N) is 1. The Morgan fingerprint density at radius 3 is 2.72 bits per heavy atom. The lowest BCUT2D eigenvalue weighted by molar-refractivity contribution is -0.118. The number of anilines is 1. The second-order valence-electron chi connectivity index (χ2n) is 6.86. The van der Waals surface area contributed by atoms with E-state index in [-0.39, 0.29) is 12.5 Å². The number of amides is 1. The van der Waals surface area contributed by atoms with E-state index in [2.05, 4.69) is 15.5 Å². The fraction of sp³-hybridized carbons (Fsp3) is 0.0435. The molecule has 1 N–H and O–H groups in total. The Kier molecular flexibility index (Phi) is 5.53. The van der Waals surface area contributed by atoms with Gasteiger partial charge in [-0.05, 0) is 60.0 Å². The number of carbonyl (C=O) groups excluding carboxylic acids is 1. The molecule has 0 radical (unpaired) electrons. The van der Waals surface area contributed by atoms with Crippen LogP contribution in [0.25, 0.3) is 27.6 Å². The van der Waals surface area contributed by atoms with Gasteiger partial charge in [-0.15, -0.1) is 21.5 Å².